The van der Waals surface area contributed by atoms with Gasteiger partial charge in [-0.3, -0.25) is 8.78 Å². The van der Waals surface area contributed by atoms with E-state index in [1.165, 1.54) is 18.3 Å². The molecule has 0 saturated heterocycles. The molecule has 3 rings (SSSR count). The van der Waals surface area contributed by atoms with E-state index in [0.717, 1.165) is 11.3 Å². The predicted molar refractivity (Wildman–Crippen MR) is 87.1 cm³/mol. The SMILES string of the molecule is O=S([O-])Cc1ccc(-n2cnc(Br)c2-c2ccc(F)cc2)nc1. The van der Waals surface area contributed by atoms with E-state index in [9.17, 15) is 13.2 Å². The van der Waals surface area contributed by atoms with Gasteiger partial charge in [0.25, 0.3) is 0 Å². The van der Waals surface area contributed by atoms with Crippen LogP contribution in [-0.2, 0) is 16.8 Å². The number of halogens is 2. The molecule has 0 aliphatic carbocycles. The first-order chi connectivity index (χ1) is 11.0. The summed E-state index contributed by atoms with van der Waals surface area (Å²) in [6.07, 6.45) is 3.10. The molecule has 0 radical (unpaired) electrons. The van der Waals surface area contributed by atoms with Gasteiger partial charge in [0.1, 0.15) is 22.6 Å². The zero-order valence-corrected chi connectivity index (χ0v) is 14.1. The molecule has 0 spiro atoms. The van der Waals surface area contributed by atoms with Gasteiger partial charge in [0, 0.05) is 17.5 Å². The van der Waals surface area contributed by atoms with Gasteiger partial charge in [-0.25, -0.2) is 14.4 Å². The summed E-state index contributed by atoms with van der Waals surface area (Å²) in [5.74, 6) is 0.193. The summed E-state index contributed by atoms with van der Waals surface area (Å²) >= 11 is 1.23. The predicted octanol–water partition coefficient (Wildman–Crippen LogP) is 3.22. The molecule has 5 nitrogen and oxygen atoms in total. The van der Waals surface area contributed by atoms with Crippen LogP contribution in [0.5, 0.6) is 0 Å². The Morgan fingerprint density at radius 1 is 1.17 bits per heavy atom. The lowest BCUT2D eigenvalue weighted by molar-refractivity contribution is 0.536. The molecule has 8 heteroatoms. The summed E-state index contributed by atoms with van der Waals surface area (Å²) in [5.41, 5.74) is 2.12. The minimum Gasteiger partial charge on any atom is -0.772 e. The van der Waals surface area contributed by atoms with E-state index in [-0.39, 0.29) is 11.6 Å². The fourth-order valence-corrected chi connectivity index (χ4v) is 3.10. The Morgan fingerprint density at radius 3 is 2.52 bits per heavy atom. The highest BCUT2D eigenvalue weighted by atomic mass is 79.9. The molecule has 2 heterocycles. The molecule has 0 amide bonds. The molecule has 1 aromatic carbocycles. The Kier molecular flexibility index (Phi) is 4.65. The van der Waals surface area contributed by atoms with Gasteiger partial charge in [-0.2, -0.15) is 0 Å². The standard InChI is InChI=1S/C15H11BrFN3O2S/c16-15-14(11-2-4-12(17)5-3-11)20(9-19-15)13-6-1-10(7-18-13)8-23(21)22/h1-7,9H,8H2,(H,21,22)/p-1. The van der Waals surface area contributed by atoms with Gasteiger partial charge in [-0.15, -0.1) is 0 Å². The number of imidazole rings is 1. The minimum atomic E-state index is -2.15. The van der Waals surface area contributed by atoms with Crippen LogP contribution in [0, 0.1) is 5.82 Å². The first kappa shape index (κ1) is 16.0. The molecule has 3 aromatic rings. The van der Waals surface area contributed by atoms with Gasteiger partial charge in [-0.05, 0) is 51.8 Å². The Bertz CT molecular complexity index is 850. The largest absolute Gasteiger partial charge is 0.772 e. The highest BCUT2D eigenvalue weighted by Crippen LogP contribution is 2.29. The van der Waals surface area contributed by atoms with Crippen LogP contribution in [0.2, 0.25) is 0 Å². The van der Waals surface area contributed by atoms with Crippen LogP contribution >= 0.6 is 15.9 Å². The third-order valence-corrected chi connectivity index (χ3v) is 4.33. The summed E-state index contributed by atoms with van der Waals surface area (Å²) in [5, 5.41) is 0. The Morgan fingerprint density at radius 2 is 1.91 bits per heavy atom. The molecule has 0 saturated carbocycles. The fraction of sp³-hybridized carbons (Fsp3) is 0.0667. The fourth-order valence-electron chi connectivity index (χ4n) is 2.15. The number of hydrogen-bond acceptors (Lipinski definition) is 4. The Balaban J connectivity index is 2.01. The lowest BCUT2D eigenvalue weighted by Gasteiger charge is -2.10. The van der Waals surface area contributed by atoms with Crippen LogP contribution in [-0.4, -0.2) is 23.3 Å². The number of nitrogens with zero attached hydrogens (tertiary/aromatic N) is 3. The van der Waals surface area contributed by atoms with Crippen LogP contribution in [0.1, 0.15) is 5.56 Å². The summed E-state index contributed by atoms with van der Waals surface area (Å²) < 4.78 is 36.9. The van der Waals surface area contributed by atoms with Crippen molar-refractivity contribution in [3.8, 4) is 17.1 Å². The number of rotatable bonds is 4. The Labute approximate surface area is 142 Å². The van der Waals surface area contributed by atoms with E-state index in [1.54, 1.807) is 35.2 Å². The molecule has 0 aliphatic heterocycles. The van der Waals surface area contributed by atoms with Gasteiger partial charge < -0.3 is 4.55 Å². The number of aromatic nitrogens is 3. The lowest BCUT2D eigenvalue weighted by atomic mass is 10.1. The number of hydrogen-bond donors (Lipinski definition) is 0. The van der Waals surface area contributed by atoms with Crippen molar-refractivity contribution in [2.24, 2.45) is 0 Å². The van der Waals surface area contributed by atoms with Crippen LogP contribution in [0.4, 0.5) is 4.39 Å². The first-order valence-corrected chi connectivity index (χ1v) is 8.58. The summed E-state index contributed by atoms with van der Waals surface area (Å²) in [6.45, 7) is 0. The highest BCUT2D eigenvalue weighted by molar-refractivity contribution is 9.10. The van der Waals surface area contributed by atoms with Gasteiger partial charge in [0.15, 0.2) is 0 Å². The van der Waals surface area contributed by atoms with Gasteiger partial charge >= 0.3 is 0 Å². The van der Waals surface area contributed by atoms with E-state index in [0.29, 0.717) is 16.0 Å². The van der Waals surface area contributed by atoms with Gasteiger partial charge in [0.05, 0.1) is 5.69 Å². The van der Waals surface area contributed by atoms with Crippen LogP contribution in [0.25, 0.3) is 17.1 Å². The molecular weight excluding hydrogens is 385 g/mol. The third kappa shape index (κ3) is 3.54. The van der Waals surface area contributed by atoms with Crippen LogP contribution in [0.3, 0.4) is 0 Å². The second-order valence-corrected chi connectivity index (χ2v) is 6.38. The number of pyridine rings is 1. The maximum atomic E-state index is 13.1. The van der Waals surface area contributed by atoms with E-state index in [4.69, 9.17) is 0 Å². The summed E-state index contributed by atoms with van der Waals surface area (Å²) in [4.78, 5) is 8.48. The normalized spacial score (nSPS) is 12.3. The lowest BCUT2D eigenvalue weighted by Crippen LogP contribution is -2.00. The molecule has 118 valence electrons. The molecule has 1 atom stereocenters. The summed E-state index contributed by atoms with van der Waals surface area (Å²) in [6, 6.07) is 9.47. The van der Waals surface area contributed by atoms with Crippen molar-refractivity contribution in [1.82, 2.24) is 14.5 Å². The topological polar surface area (TPSA) is 70.8 Å². The highest BCUT2D eigenvalue weighted by Gasteiger charge is 2.13. The van der Waals surface area contributed by atoms with Crippen LogP contribution < -0.4 is 0 Å². The van der Waals surface area contributed by atoms with Crippen molar-refractivity contribution < 1.29 is 13.2 Å². The van der Waals surface area contributed by atoms with Crippen molar-refractivity contribution in [3.63, 3.8) is 0 Å². The molecule has 1 unspecified atom stereocenters. The second-order valence-electron chi connectivity index (χ2n) is 4.73. The van der Waals surface area contributed by atoms with Gasteiger partial charge in [0.2, 0.25) is 0 Å². The first-order valence-electron chi connectivity index (χ1n) is 6.54. The van der Waals surface area contributed by atoms with Crippen molar-refractivity contribution >= 4 is 27.0 Å². The molecule has 0 fully saturated rings. The van der Waals surface area contributed by atoms with E-state index in [1.807, 2.05) is 0 Å². The second kappa shape index (κ2) is 6.69. The zero-order valence-electron chi connectivity index (χ0n) is 11.6. The van der Waals surface area contributed by atoms with E-state index in [2.05, 4.69) is 25.9 Å². The monoisotopic (exact) mass is 394 g/mol. The van der Waals surface area contributed by atoms with Crippen molar-refractivity contribution in [2.75, 3.05) is 0 Å². The van der Waals surface area contributed by atoms with Crippen molar-refractivity contribution in [1.29, 1.82) is 0 Å². The molecule has 0 N–H and O–H groups in total. The average molecular weight is 395 g/mol. The van der Waals surface area contributed by atoms with E-state index >= 15 is 0 Å². The maximum absolute atomic E-state index is 13.1. The molecule has 2 aromatic heterocycles. The average Bonchev–Trinajstić information content (AvgIpc) is 2.90. The van der Waals surface area contributed by atoms with E-state index < -0.39 is 11.1 Å². The minimum absolute atomic E-state index is 0.0777. The quantitative estimate of drug-likeness (QED) is 0.636. The maximum Gasteiger partial charge on any atom is 0.138 e. The molecule has 0 aliphatic rings. The third-order valence-electron chi connectivity index (χ3n) is 3.18. The van der Waals surface area contributed by atoms with Crippen LogP contribution in [0.15, 0.2) is 53.5 Å². The zero-order chi connectivity index (χ0) is 16.4. The van der Waals surface area contributed by atoms with Gasteiger partial charge in [-0.1, -0.05) is 17.1 Å². The Hall–Kier alpha value is -1.90. The molecule has 23 heavy (non-hydrogen) atoms. The van der Waals surface area contributed by atoms with Crippen molar-refractivity contribution in [2.45, 2.75) is 5.75 Å². The smallest absolute Gasteiger partial charge is 0.138 e. The molecule has 0 bridgehead atoms. The summed E-state index contributed by atoms with van der Waals surface area (Å²) in [7, 11) is 0. The van der Waals surface area contributed by atoms with Crippen molar-refractivity contribution in [3.05, 3.63) is 64.9 Å². The number of benzene rings is 1. The molecular formula is C15H10BrFN3O2S-.